The highest BCUT2D eigenvalue weighted by Crippen LogP contribution is 2.30. The van der Waals surface area contributed by atoms with Crippen LogP contribution in [0.15, 0.2) is 48.5 Å². The molecule has 0 radical (unpaired) electrons. The lowest BCUT2D eigenvalue weighted by Crippen LogP contribution is -2.16. The van der Waals surface area contributed by atoms with Crippen LogP contribution in [0.4, 0.5) is 0 Å². The van der Waals surface area contributed by atoms with E-state index in [2.05, 4.69) is 4.98 Å². The van der Waals surface area contributed by atoms with Crippen molar-refractivity contribution < 1.29 is 19.1 Å². The van der Waals surface area contributed by atoms with Gasteiger partial charge in [-0.1, -0.05) is 30.3 Å². The van der Waals surface area contributed by atoms with Crippen LogP contribution in [-0.4, -0.2) is 30.5 Å². The van der Waals surface area contributed by atoms with E-state index in [1.807, 2.05) is 24.3 Å². The average Bonchev–Trinajstić information content (AvgIpc) is 3.17. The third-order valence-corrected chi connectivity index (χ3v) is 4.85. The van der Waals surface area contributed by atoms with E-state index in [1.54, 1.807) is 31.4 Å². The summed E-state index contributed by atoms with van der Waals surface area (Å²) in [6.45, 7) is -0.308. The van der Waals surface area contributed by atoms with E-state index in [1.165, 1.54) is 0 Å². The molecule has 1 aliphatic rings. The molecule has 2 aromatic carbocycles. The van der Waals surface area contributed by atoms with Crippen LogP contribution in [0.1, 0.15) is 38.4 Å². The Morgan fingerprint density at radius 2 is 1.93 bits per heavy atom. The normalized spacial score (nSPS) is 12.6. The Bertz CT molecular complexity index is 1040. The fourth-order valence-corrected chi connectivity index (χ4v) is 3.53. The second-order valence-electron chi connectivity index (χ2n) is 6.51. The van der Waals surface area contributed by atoms with Gasteiger partial charge < -0.3 is 9.47 Å². The third-order valence-electron chi connectivity index (χ3n) is 4.85. The maximum Gasteiger partial charge on any atom is 0.339 e. The maximum atomic E-state index is 12.9. The summed E-state index contributed by atoms with van der Waals surface area (Å²) in [6.07, 6.45) is 2.65. The summed E-state index contributed by atoms with van der Waals surface area (Å²) >= 11 is 0. The lowest BCUT2D eigenvalue weighted by molar-refractivity contribution is 0.0475. The Hall–Kier alpha value is -3.21. The summed E-state index contributed by atoms with van der Waals surface area (Å²) in [4.78, 5) is 29.9. The van der Waals surface area contributed by atoms with Gasteiger partial charge in [0.2, 0.25) is 0 Å². The van der Waals surface area contributed by atoms with Gasteiger partial charge in [0, 0.05) is 16.6 Å². The molecule has 1 aliphatic carbocycles. The fourth-order valence-electron chi connectivity index (χ4n) is 3.53. The van der Waals surface area contributed by atoms with Gasteiger partial charge in [0.1, 0.15) is 5.75 Å². The Morgan fingerprint density at radius 3 is 2.78 bits per heavy atom. The van der Waals surface area contributed by atoms with Gasteiger partial charge in [0.15, 0.2) is 12.4 Å². The van der Waals surface area contributed by atoms with Crippen molar-refractivity contribution in [3.63, 3.8) is 0 Å². The molecule has 5 heteroatoms. The number of carbonyl (C=O) groups is 2. The molecule has 0 unspecified atom stereocenters. The predicted molar refractivity (Wildman–Crippen MR) is 101 cm³/mol. The zero-order chi connectivity index (χ0) is 18.8. The number of esters is 1. The van der Waals surface area contributed by atoms with Gasteiger partial charge in [0.05, 0.1) is 18.2 Å². The monoisotopic (exact) mass is 361 g/mol. The van der Waals surface area contributed by atoms with Gasteiger partial charge in [-0.3, -0.25) is 9.78 Å². The first-order chi connectivity index (χ1) is 13.2. The van der Waals surface area contributed by atoms with E-state index in [4.69, 9.17) is 9.47 Å². The van der Waals surface area contributed by atoms with E-state index in [0.29, 0.717) is 16.9 Å². The van der Waals surface area contributed by atoms with Crippen LogP contribution in [0.5, 0.6) is 5.75 Å². The average molecular weight is 361 g/mol. The van der Waals surface area contributed by atoms with Crippen molar-refractivity contribution in [1.29, 1.82) is 0 Å². The van der Waals surface area contributed by atoms with E-state index in [0.717, 1.165) is 41.4 Å². The molecule has 0 bridgehead atoms. The molecule has 1 heterocycles. The Kier molecular flexibility index (Phi) is 4.59. The van der Waals surface area contributed by atoms with Crippen molar-refractivity contribution in [2.24, 2.45) is 0 Å². The molecule has 4 rings (SSSR count). The summed E-state index contributed by atoms with van der Waals surface area (Å²) in [5.74, 6) is -0.148. The predicted octanol–water partition coefficient (Wildman–Crippen LogP) is 3.77. The quantitative estimate of drug-likeness (QED) is 0.511. The first-order valence-electron chi connectivity index (χ1n) is 8.92. The van der Waals surface area contributed by atoms with Gasteiger partial charge in [-0.2, -0.15) is 0 Å². The smallest absolute Gasteiger partial charge is 0.339 e. The molecule has 0 saturated heterocycles. The minimum atomic E-state index is -0.469. The molecule has 0 N–H and O–H groups in total. The first kappa shape index (κ1) is 17.2. The van der Waals surface area contributed by atoms with E-state index in [9.17, 15) is 9.59 Å². The summed E-state index contributed by atoms with van der Waals surface area (Å²) in [6, 6.07) is 14.4. The second-order valence-corrected chi connectivity index (χ2v) is 6.51. The second kappa shape index (κ2) is 7.19. The van der Waals surface area contributed by atoms with Gasteiger partial charge in [-0.05, 0) is 43.0 Å². The Labute approximate surface area is 156 Å². The van der Waals surface area contributed by atoms with Crippen LogP contribution in [0.2, 0.25) is 0 Å². The number of aryl methyl sites for hydroxylation is 1. The van der Waals surface area contributed by atoms with Crippen LogP contribution < -0.4 is 4.74 Å². The number of Topliss-reactive ketones (excluding diaryl/α,β-unsaturated/α-hetero) is 1. The van der Waals surface area contributed by atoms with Crippen molar-refractivity contribution in [3.05, 3.63) is 70.9 Å². The number of carbonyl (C=O) groups excluding carboxylic acids is 2. The van der Waals surface area contributed by atoms with Crippen molar-refractivity contribution in [3.8, 4) is 5.75 Å². The molecular weight excluding hydrogens is 342 g/mol. The van der Waals surface area contributed by atoms with Crippen molar-refractivity contribution >= 4 is 22.7 Å². The number of ether oxygens (including phenoxy) is 2. The molecule has 3 aromatic rings. The van der Waals surface area contributed by atoms with Gasteiger partial charge in [-0.15, -0.1) is 0 Å². The molecule has 0 saturated carbocycles. The van der Waals surface area contributed by atoms with Crippen molar-refractivity contribution in [1.82, 2.24) is 4.98 Å². The maximum absolute atomic E-state index is 12.9. The van der Waals surface area contributed by atoms with E-state index in [-0.39, 0.29) is 12.4 Å². The highest BCUT2D eigenvalue weighted by molar-refractivity contribution is 6.06. The zero-order valence-corrected chi connectivity index (χ0v) is 15.0. The van der Waals surface area contributed by atoms with Crippen LogP contribution in [0.3, 0.4) is 0 Å². The molecule has 27 heavy (non-hydrogen) atoms. The van der Waals surface area contributed by atoms with Crippen LogP contribution in [0.25, 0.3) is 10.9 Å². The van der Waals surface area contributed by atoms with Gasteiger partial charge >= 0.3 is 5.97 Å². The number of benzene rings is 2. The highest BCUT2D eigenvalue weighted by atomic mass is 16.5. The summed E-state index contributed by atoms with van der Waals surface area (Å²) in [5.41, 5.74) is 3.69. The summed E-state index contributed by atoms with van der Waals surface area (Å²) in [7, 11) is 1.54. The first-order valence-corrected chi connectivity index (χ1v) is 8.92. The van der Waals surface area contributed by atoms with Gasteiger partial charge in [-0.25, -0.2) is 4.79 Å². The van der Waals surface area contributed by atoms with Crippen LogP contribution >= 0.6 is 0 Å². The summed E-state index contributed by atoms with van der Waals surface area (Å²) in [5, 5.41) is 0.775. The lowest BCUT2D eigenvalue weighted by atomic mass is 10.0. The lowest BCUT2D eigenvalue weighted by Gasteiger charge is -2.12. The highest BCUT2D eigenvalue weighted by Gasteiger charge is 2.25. The zero-order valence-electron chi connectivity index (χ0n) is 15.0. The topological polar surface area (TPSA) is 65.5 Å². The van der Waals surface area contributed by atoms with Crippen LogP contribution in [0, 0.1) is 0 Å². The van der Waals surface area contributed by atoms with Crippen molar-refractivity contribution in [2.75, 3.05) is 13.7 Å². The largest absolute Gasteiger partial charge is 0.497 e. The van der Waals surface area contributed by atoms with E-state index < -0.39 is 5.97 Å². The minimum absolute atomic E-state index is 0.266. The number of ketones is 1. The molecule has 5 nitrogen and oxygen atoms in total. The minimum Gasteiger partial charge on any atom is -0.497 e. The van der Waals surface area contributed by atoms with E-state index >= 15 is 0 Å². The number of rotatable bonds is 5. The molecular formula is C22H19NO4. The number of aromatic nitrogens is 1. The SMILES string of the molecule is COc1cccc(C(=O)COC(=O)c2c3c(nc4ccccc24)CCC3)c1. The molecule has 0 aliphatic heterocycles. The summed E-state index contributed by atoms with van der Waals surface area (Å²) < 4.78 is 10.5. The number of pyridine rings is 1. The number of para-hydroxylation sites is 1. The molecule has 0 fully saturated rings. The molecule has 1 aromatic heterocycles. The molecule has 136 valence electrons. The van der Waals surface area contributed by atoms with Gasteiger partial charge in [0.25, 0.3) is 0 Å². The number of hydrogen-bond donors (Lipinski definition) is 0. The Morgan fingerprint density at radius 1 is 1.07 bits per heavy atom. The van der Waals surface area contributed by atoms with Crippen molar-refractivity contribution in [2.45, 2.75) is 19.3 Å². The number of hydrogen-bond acceptors (Lipinski definition) is 5. The van der Waals surface area contributed by atoms with Crippen LogP contribution in [-0.2, 0) is 17.6 Å². The number of nitrogens with zero attached hydrogens (tertiary/aromatic N) is 1. The standard InChI is InChI=1S/C22H19NO4/c1-26-15-7-4-6-14(12-15)20(24)13-27-22(25)21-16-8-2-3-10-18(16)23-19-11-5-9-17(19)21/h2-4,6-8,10,12H,5,9,11,13H2,1H3. The fraction of sp³-hybridized carbons (Fsp3) is 0.227. The Balaban J connectivity index is 1.59. The molecule has 0 atom stereocenters. The number of methoxy groups -OCH3 is 1. The molecule has 0 amide bonds. The number of fused-ring (bicyclic) bond motifs is 2. The molecule has 0 spiro atoms. The third kappa shape index (κ3) is 3.28.